The summed E-state index contributed by atoms with van der Waals surface area (Å²) in [6.45, 7) is 6.99. The number of fused-ring (bicyclic) bond motifs is 2. The molecule has 4 rings (SSSR count). The van der Waals surface area contributed by atoms with E-state index >= 15 is 0 Å². The van der Waals surface area contributed by atoms with Crippen LogP contribution in [0.2, 0.25) is 5.02 Å². The van der Waals surface area contributed by atoms with Crippen molar-refractivity contribution in [1.82, 2.24) is 10.2 Å². The lowest BCUT2D eigenvalue weighted by atomic mass is 10.1. The third-order valence-electron chi connectivity index (χ3n) is 5.53. The van der Waals surface area contributed by atoms with Gasteiger partial charge in [-0.3, -0.25) is 9.69 Å². The van der Waals surface area contributed by atoms with Crippen molar-refractivity contribution in [1.29, 1.82) is 0 Å². The second kappa shape index (κ2) is 6.15. The van der Waals surface area contributed by atoms with Gasteiger partial charge in [0, 0.05) is 31.6 Å². The van der Waals surface area contributed by atoms with Crippen LogP contribution in [0.4, 0.5) is 5.69 Å². The predicted octanol–water partition coefficient (Wildman–Crippen LogP) is 2.35. The monoisotopic (exact) mass is 377 g/mol. The first-order chi connectivity index (χ1) is 12.2. The number of hydrogen-bond acceptors (Lipinski definition) is 5. The van der Waals surface area contributed by atoms with E-state index in [1.807, 2.05) is 13.8 Å². The van der Waals surface area contributed by atoms with E-state index in [2.05, 4.69) is 10.2 Å². The molecule has 4 N–H and O–H groups in total. The standard InChI is InChI=1S/C19H24ClN3O3/c1-19(2,25)9-23-7-13-12(14(13)8-23)6-22-18(24)11-5-15(20)16(21)10-3-4-26-17(10)11/h3-5,12-14,25H,6-9,21H2,1-2H3,(H,22,24). The van der Waals surface area contributed by atoms with Crippen molar-refractivity contribution in [3.05, 3.63) is 29.0 Å². The number of nitrogens with two attached hydrogens (primary N) is 1. The summed E-state index contributed by atoms with van der Waals surface area (Å²) in [6.07, 6.45) is 1.51. The van der Waals surface area contributed by atoms with Gasteiger partial charge in [0.2, 0.25) is 0 Å². The molecular weight excluding hydrogens is 354 g/mol. The number of β-amino-alcohol motifs (C(OH)–C–C–N with tert-alkyl or cyclic N) is 1. The second-order valence-electron chi connectivity index (χ2n) is 8.19. The fourth-order valence-corrected chi connectivity index (χ4v) is 4.53. The molecule has 2 unspecified atom stereocenters. The van der Waals surface area contributed by atoms with Gasteiger partial charge in [-0.05, 0) is 43.7 Å². The van der Waals surface area contributed by atoms with E-state index in [4.69, 9.17) is 21.8 Å². The molecular formula is C19H24ClN3O3. The third kappa shape index (κ3) is 3.17. The number of hydrogen-bond donors (Lipinski definition) is 3. The van der Waals surface area contributed by atoms with Crippen LogP contribution in [0, 0.1) is 17.8 Å². The molecule has 1 saturated carbocycles. The average molecular weight is 378 g/mol. The quantitative estimate of drug-likeness (QED) is 0.695. The zero-order valence-corrected chi connectivity index (χ0v) is 15.7. The van der Waals surface area contributed by atoms with Gasteiger partial charge < -0.3 is 20.6 Å². The number of benzene rings is 1. The molecule has 1 amide bonds. The van der Waals surface area contributed by atoms with Gasteiger partial charge in [0.15, 0.2) is 0 Å². The molecule has 6 nitrogen and oxygen atoms in total. The summed E-state index contributed by atoms with van der Waals surface area (Å²) in [6, 6.07) is 3.28. The van der Waals surface area contributed by atoms with Crippen LogP contribution >= 0.6 is 11.6 Å². The predicted molar refractivity (Wildman–Crippen MR) is 101 cm³/mol. The van der Waals surface area contributed by atoms with Gasteiger partial charge in [-0.2, -0.15) is 0 Å². The molecule has 1 saturated heterocycles. The Labute approximate surface area is 157 Å². The number of anilines is 1. The van der Waals surface area contributed by atoms with Crippen LogP contribution in [0.15, 0.2) is 22.8 Å². The molecule has 2 fully saturated rings. The number of rotatable bonds is 5. The summed E-state index contributed by atoms with van der Waals surface area (Å²) in [7, 11) is 0. The van der Waals surface area contributed by atoms with Gasteiger partial charge >= 0.3 is 0 Å². The minimum absolute atomic E-state index is 0.190. The fraction of sp³-hybridized carbons (Fsp3) is 0.526. The first-order valence-corrected chi connectivity index (χ1v) is 9.30. The van der Waals surface area contributed by atoms with Crippen molar-refractivity contribution < 1.29 is 14.3 Å². The average Bonchev–Trinajstić information content (AvgIpc) is 2.95. The number of piperidine rings is 1. The maximum atomic E-state index is 12.6. The Morgan fingerprint density at radius 3 is 2.81 bits per heavy atom. The maximum absolute atomic E-state index is 12.6. The normalized spacial score (nSPS) is 25.5. The summed E-state index contributed by atoms with van der Waals surface area (Å²) in [5, 5.41) is 14.0. The van der Waals surface area contributed by atoms with E-state index in [-0.39, 0.29) is 5.91 Å². The number of likely N-dealkylation sites (tertiary alicyclic amines) is 1. The Hall–Kier alpha value is -1.76. The molecule has 1 aromatic heterocycles. The second-order valence-corrected chi connectivity index (χ2v) is 8.60. The van der Waals surface area contributed by atoms with Crippen molar-refractivity contribution in [3.63, 3.8) is 0 Å². The molecule has 1 aliphatic carbocycles. The molecule has 26 heavy (non-hydrogen) atoms. The summed E-state index contributed by atoms with van der Waals surface area (Å²) in [5.41, 5.74) is 6.58. The molecule has 7 heteroatoms. The van der Waals surface area contributed by atoms with E-state index < -0.39 is 5.60 Å². The van der Waals surface area contributed by atoms with Crippen LogP contribution in [0.1, 0.15) is 24.2 Å². The smallest absolute Gasteiger partial charge is 0.255 e. The molecule has 0 radical (unpaired) electrons. The van der Waals surface area contributed by atoms with E-state index in [1.165, 1.54) is 6.26 Å². The first kappa shape index (κ1) is 17.6. The Balaban J connectivity index is 1.36. The minimum atomic E-state index is -0.663. The van der Waals surface area contributed by atoms with Crippen LogP contribution in [0.5, 0.6) is 0 Å². The molecule has 2 aromatic rings. The molecule has 2 aliphatic rings. The van der Waals surface area contributed by atoms with Crippen molar-refractivity contribution >= 4 is 34.2 Å². The SMILES string of the molecule is CC(C)(O)CN1CC2C(CNC(=O)c3cc(Cl)c(N)c4ccoc34)C2C1. The Morgan fingerprint density at radius 2 is 2.15 bits per heavy atom. The van der Waals surface area contributed by atoms with Crippen LogP contribution in [-0.2, 0) is 0 Å². The number of furan rings is 1. The fourth-order valence-electron chi connectivity index (χ4n) is 4.32. The molecule has 0 spiro atoms. The molecule has 2 heterocycles. The number of nitrogen functional groups attached to an aromatic ring is 1. The Bertz CT molecular complexity index is 846. The lowest BCUT2D eigenvalue weighted by molar-refractivity contribution is 0.0389. The van der Waals surface area contributed by atoms with Crippen molar-refractivity contribution in [2.75, 3.05) is 31.9 Å². The van der Waals surface area contributed by atoms with Gasteiger partial charge in [0.25, 0.3) is 5.91 Å². The van der Waals surface area contributed by atoms with Crippen LogP contribution in [0.25, 0.3) is 11.0 Å². The van der Waals surface area contributed by atoms with Gasteiger partial charge in [-0.25, -0.2) is 0 Å². The summed E-state index contributed by atoms with van der Waals surface area (Å²) >= 11 is 6.14. The van der Waals surface area contributed by atoms with E-state index in [1.54, 1.807) is 12.1 Å². The number of aliphatic hydroxyl groups is 1. The van der Waals surface area contributed by atoms with E-state index in [0.29, 0.717) is 58.1 Å². The molecule has 1 aromatic carbocycles. The highest BCUT2D eigenvalue weighted by molar-refractivity contribution is 6.35. The van der Waals surface area contributed by atoms with E-state index in [0.717, 1.165) is 13.1 Å². The first-order valence-electron chi connectivity index (χ1n) is 8.93. The van der Waals surface area contributed by atoms with Gasteiger partial charge in [-0.1, -0.05) is 11.6 Å². The number of halogens is 1. The number of amides is 1. The number of nitrogens with one attached hydrogen (secondary N) is 1. The number of carbonyl (C=O) groups excluding carboxylic acids is 1. The van der Waals surface area contributed by atoms with Crippen molar-refractivity contribution in [2.24, 2.45) is 17.8 Å². The summed E-state index contributed by atoms with van der Waals surface area (Å²) in [4.78, 5) is 14.9. The van der Waals surface area contributed by atoms with Gasteiger partial charge in [0.05, 0.1) is 28.1 Å². The lowest BCUT2D eigenvalue weighted by Gasteiger charge is -2.27. The number of nitrogens with zero attached hydrogens (tertiary/aromatic N) is 1. The summed E-state index contributed by atoms with van der Waals surface area (Å²) < 4.78 is 5.43. The van der Waals surface area contributed by atoms with Crippen LogP contribution in [-0.4, -0.2) is 47.7 Å². The Kier molecular flexibility index (Phi) is 4.17. The van der Waals surface area contributed by atoms with E-state index in [9.17, 15) is 9.90 Å². The molecule has 0 bridgehead atoms. The zero-order valence-electron chi connectivity index (χ0n) is 15.0. The lowest BCUT2D eigenvalue weighted by Crippen LogP contribution is -2.39. The third-order valence-corrected chi connectivity index (χ3v) is 5.84. The molecule has 2 atom stereocenters. The zero-order chi connectivity index (χ0) is 18.6. The summed E-state index contributed by atoms with van der Waals surface area (Å²) in [5.74, 6) is 1.53. The highest BCUT2D eigenvalue weighted by atomic mass is 35.5. The largest absolute Gasteiger partial charge is 0.463 e. The highest BCUT2D eigenvalue weighted by Gasteiger charge is 2.55. The van der Waals surface area contributed by atoms with Gasteiger partial charge in [0.1, 0.15) is 5.58 Å². The van der Waals surface area contributed by atoms with Crippen LogP contribution < -0.4 is 11.1 Å². The minimum Gasteiger partial charge on any atom is -0.463 e. The van der Waals surface area contributed by atoms with Crippen LogP contribution in [0.3, 0.4) is 0 Å². The van der Waals surface area contributed by atoms with Gasteiger partial charge in [-0.15, -0.1) is 0 Å². The maximum Gasteiger partial charge on any atom is 0.255 e. The molecule has 1 aliphatic heterocycles. The van der Waals surface area contributed by atoms with Crippen molar-refractivity contribution in [3.8, 4) is 0 Å². The highest BCUT2D eigenvalue weighted by Crippen LogP contribution is 2.51. The molecule has 140 valence electrons. The van der Waals surface area contributed by atoms with Crippen molar-refractivity contribution in [2.45, 2.75) is 19.4 Å². The Morgan fingerprint density at radius 1 is 1.46 bits per heavy atom. The number of carbonyl (C=O) groups is 1. The topological polar surface area (TPSA) is 91.7 Å².